The van der Waals surface area contributed by atoms with Gasteiger partial charge in [0.2, 0.25) is 5.91 Å². The van der Waals surface area contributed by atoms with Crippen LogP contribution >= 0.6 is 0 Å². The highest BCUT2D eigenvalue weighted by Gasteiger charge is 2.39. The van der Waals surface area contributed by atoms with Crippen LogP contribution in [0, 0.1) is 5.82 Å². The lowest BCUT2D eigenvalue weighted by molar-refractivity contribution is -0.122. The van der Waals surface area contributed by atoms with Crippen LogP contribution in [0.2, 0.25) is 0 Å². The Morgan fingerprint density at radius 3 is 2.63 bits per heavy atom. The summed E-state index contributed by atoms with van der Waals surface area (Å²) in [6.45, 7) is 1.57. The van der Waals surface area contributed by atoms with Gasteiger partial charge in [-0.1, -0.05) is 24.3 Å². The molecule has 2 heterocycles. The SMILES string of the molecule is O=C1CC2(CCN(C(=O)c3cccc(F)c3)CC2)Nc2ccccc2CN1. The van der Waals surface area contributed by atoms with Crippen molar-refractivity contribution >= 4 is 17.5 Å². The first-order valence-corrected chi connectivity index (χ1v) is 9.22. The van der Waals surface area contributed by atoms with Crippen molar-refractivity contribution in [2.24, 2.45) is 0 Å². The summed E-state index contributed by atoms with van der Waals surface area (Å²) in [5.41, 5.74) is 2.07. The van der Waals surface area contributed by atoms with E-state index in [2.05, 4.69) is 10.6 Å². The third kappa shape index (κ3) is 3.65. The Kier molecular flexibility index (Phi) is 4.56. The summed E-state index contributed by atoms with van der Waals surface area (Å²) in [6, 6.07) is 13.7. The Labute approximate surface area is 157 Å². The highest BCUT2D eigenvalue weighted by Crippen LogP contribution is 2.33. The molecule has 0 aliphatic carbocycles. The molecule has 0 radical (unpaired) electrons. The first kappa shape index (κ1) is 17.5. The van der Waals surface area contributed by atoms with Crippen molar-refractivity contribution in [3.8, 4) is 0 Å². The van der Waals surface area contributed by atoms with Crippen LogP contribution in [0.15, 0.2) is 48.5 Å². The van der Waals surface area contributed by atoms with Crippen molar-refractivity contribution in [3.05, 3.63) is 65.5 Å². The van der Waals surface area contributed by atoms with Crippen molar-refractivity contribution in [2.75, 3.05) is 18.4 Å². The summed E-state index contributed by atoms with van der Waals surface area (Å²) in [5.74, 6) is -0.564. The third-order valence-electron chi connectivity index (χ3n) is 5.47. The van der Waals surface area contributed by atoms with E-state index in [1.165, 1.54) is 12.1 Å². The lowest BCUT2D eigenvalue weighted by Gasteiger charge is -2.44. The topological polar surface area (TPSA) is 61.4 Å². The maximum atomic E-state index is 13.4. The second-order valence-electron chi connectivity index (χ2n) is 7.32. The molecule has 140 valence electrons. The van der Waals surface area contributed by atoms with Gasteiger partial charge >= 0.3 is 0 Å². The molecular formula is C21H22FN3O2. The molecule has 1 spiro atoms. The molecule has 2 N–H and O–H groups in total. The fourth-order valence-electron chi connectivity index (χ4n) is 3.93. The molecule has 5 nitrogen and oxygen atoms in total. The van der Waals surface area contributed by atoms with Crippen molar-refractivity contribution in [3.63, 3.8) is 0 Å². The van der Waals surface area contributed by atoms with E-state index in [1.807, 2.05) is 24.3 Å². The standard InChI is InChI=1S/C21H22FN3O2/c22-17-6-3-5-15(12-17)20(27)25-10-8-21(9-11-25)13-19(26)23-14-16-4-1-2-7-18(16)24-21/h1-7,12,24H,8-11,13-14H2,(H,23,26). The number of fused-ring (bicyclic) bond motifs is 1. The maximum absolute atomic E-state index is 13.4. The number of anilines is 1. The van der Waals surface area contributed by atoms with Crippen LogP contribution in [0.4, 0.5) is 10.1 Å². The number of benzene rings is 2. The number of likely N-dealkylation sites (tertiary alicyclic amines) is 1. The van der Waals surface area contributed by atoms with Gasteiger partial charge in [0.05, 0.1) is 0 Å². The monoisotopic (exact) mass is 367 g/mol. The third-order valence-corrected chi connectivity index (χ3v) is 5.47. The second kappa shape index (κ2) is 7.02. The summed E-state index contributed by atoms with van der Waals surface area (Å²) in [7, 11) is 0. The second-order valence-corrected chi connectivity index (χ2v) is 7.32. The number of rotatable bonds is 1. The zero-order valence-electron chi connectivity index (χ0n) is 15.0. The van der Waals surface area contributed by atoms with Crippen molar-refractivity contribution in [2.45, 2.75) is 31.3 Å². The molecule has 1 fully saturated rings. The predicted molar refractivity (Wildman–Crippen MR) is 101 cm³/mol. The van der Waals surface area contributed by atoms with E-state index < -0.39 is 5.82 Å². The minimum atomic E-state index is -0.413. The zero-order valence-corrected chi connectivity index (χ0v) is 15.0. The van der Waals surface area contributed by atoms with E-state index in [-0.39, 0.29) is 17.4 Å². The number of hydrogen-bond donors (Lipinski definition) is 2. The van der Waals surface area contributed by atoms with Gasteiger partial charge < -0.3 is 15.5 Å². The molecule has 0 unspecified atom stereocenters. The summed E-state index contributed by atoms with van der Waals surface area (Å²) in [5, 5.41) is 6.57. The first-order chi connectivity index (χ1) is 13.0. The highest BCUT2D eigenvalue weighted by atomic mass is 19.1. The van der Waals surface area contributed by atoms with E-state index in [1.54, 1.807) is 17.0 Å². The molecular weight excluding hydrogens is 345 g/mol. The fourth-order valence-corrected chi connectivity index (χ4v) is 3.93. The molecule has 2 aliphatic heterocycles. The Morgan fingerprint density at radius 1 is 1.07 bits per heavy atom. The molecule has 6 heteroatoms. The van der Waals surface area contributed by atoms with E-state index in [0.29, 0.717) is 44.5 Å². The van der Waals surface area contributed by atoms with Crippen molar-refractivity contribution < 1.29 is 14.0 Å². The lowest BCUT2D eigenvalue weighted by atomic mass is 9.82. The average molecular weight is 367 g/mol. The number of carbonyl (C=O) groups excluding carboxylic acids is 2. The van der Waals surface area contributed by atoms with Gasteiger partial charge in [0, 0.05) is 42.8 Å². The van der Waals surface area contributed by atoms with Crippen LogP contribution in [-0.2, 0) is 11.3 Å². The zero-order chi connectivity index (χ0) is 18.9. The van der Waals surface area contributed by atoms with E-state index in [0.717, 1.165) is 11.3 Å². The molecule has 2 aromatic carbocycles. The van der Waals surface area contributed by atoms with Gasteiger partial charge in [-0.25, -0.2) is 4.39 Å². The van der Waals surface area contributed by atoms with E-state index in [9.17, 15) is 14.0 Å². The van der Waals surface area contributed by atoms with Crippen LogP contribution in [0.25, 0.3) is 0 Å². The molecule has 27 heavy (non-hydrogen) atoms. The quantitative estimate of drug-likeness (QED) is 0.815. The number of amides is 2. The average Bonchev–Trinajstić information content (AvgIpc) is 2.66. The number of para-hydroxylation sites is 1. The Balaban J connectivity index is 1.51. The van der Waals surface area contributed by atoms with Crippen LogP contribution in [0.5, 0.6) is 0 Å². The molecule has 2 aliphatic rings. The highest BCUT2D eigenvalue weighted by molar-refractivity contribution is 5.94. The normalized spacial score (nSPS) is 18.7. The van der Waals surface area contributed by atoms with E-state index in [4.69, 9.17) is 0 Å². The Bertz CT molecular complexity index is 875. The van der Waals surface area contributed by atoms with Gasteiger partial charge in [0.15, 0.2) is 0 Å². The summed E-state index contributed by atoms with van der Waals surface area (Å²) >= 11 is 0. The number of nitrogens with one attached hydrogen (secondary N) is 2. The molecule has 1 saturated heterocycles. The predicted octanol–water partition coefficient (Wildman–Crippen LogP) is 2.93. The molecule has 0 atom stereocenters. The van der Waals surface area contributed by atoms with Crippen molar-refractivity contribution in [1.29, 1.82) is 0 Å². The van der Waals surface area contributed by atoms with Crippen LogP contribution in [-0.4, -0.2) is 35.3 Å². The van der Waals surface area contributed by atoms with Crippen LogP contribution in [0.3, 0.4) is 0 Å². The smallest absolute Gasteiger partial charge is 0.253 e. The van der Waals surface area contributed by atoms with Crippen molar-refractivity contribution in [1.82, 2.24) is 10.2 Å². The summed E-state index contributed by atoms with van der Waals surface area (Å²) < 4.78 is 13.4. The molecule has 0 aromatic heterocycles. The van der Waals surface area contributed by atoms with Gasteiger partial charge in [0.1, 0.15) is 5.82 Å². The number of nitrogens with zero attached hydrogens (tertiary/aromatic N) is 1. The number of piperidine rings is 1. The largest absolute Gasteiger partial charge is 0.379 e. The summed E-state index contributed by atoms with van der Waals surface area (Å²) in [4.78, 5) is 26.7. The van der Waals surface area contributed by atoms with E-state index >= 15 is 0 Å². The molecule has 0 saturated carbocycles. The summed E-state index contributed by atoms with van der Waals surface area (Å²) in [6.07, 6.45) is 1.70. The molecule has 2 aromatic rings. The lowest BCUT2D eigenvalue weighted by Crippen LogP contribution is -2.53. The Morgan fingerprint density at radius 2 is 1.85 bits per heavy atom. The first-order valence-electron chi connectivity index (χ1n) is 9.22. The van der Waals surface area contributed by atoms with Gasteiger partial charge in [-0.15, -0.1) is 0 Å². The molecule has 4 rings (SSSR count). The van der Waals surface area contributed by atoms with Gasteiger partial charge in [0.25, 0.3) is 5.91 Å². The molecule has 2 amide bonds. The van der Waals surface area contributed by atoms with Crippen LogP contribution < -0.4 is 10.6 Å². The minimum absolute atomic E-state index is 0.0157. The van der Waals surface area contributed by atoms with Gasteiger partial charge in [-0.2, -0.15) is 0 Å². The number of halogens is 1. The fraction of sp³-hybridized carbons (Fsp3) is 0.333. The maximum Gasteiger partial charge on any atom is 0.253 e. The van der Waals surface area contributed by atoms with Crippen LogP contribution in [0.1, 0.15) is 35.2 Å². The van der Waals surface area contributed by atoms with Gasteiger partial charge in [-0.3, -0.25) is 9.59 Å². The van der Waals surface area contributed by atoms with Gasteiger partial charge in [-0.05, 0) is 42.7 Å². The Hall–Kier alpha value is -2.89. The number of carbonyl (C=O) groups is 2. The molecule has 0 bridgehead atoms. The number of hydrogen-bond acceptors (Lipinski definition) is 3. The minimum Gasteiger partial charge on any atom is -0.379 e.